The van der Waals surface area contributed by atoms with Crippen LogP contribution in [0, 0.1) is 0 Å². The Hall–Kier alpha value is -2.36. The number of carbonyl (C=O) groups excluding carboxylic acids is 1. The molecule has 23 heavy (non-hydrogen) atoms. The number of pyridine rings is 1. The first kappa shape index (κ1) is 15.5. The predicted octanol–water partition coefficient (Wildman–Crippen LogP) is 4.25. The Morgan fingerprint density at radius 3 is 2.57 bits per heavy atom. The van der Waals surface area contributed by atoms with Crippen LogP contribution in [0.2, 0.25) is 0 Å². The first-order valence-corrected chi connectivity index (χ1v) is 8.36. The summed E-state index contributed by atoms with van der Waals surface area (Å²) < 4.78 is 0. The highest BCUT2D eigenvalue weighted by atomic mass is 16.1. The van der Waals surface area contributed by atoms with Gasteiger partial charge in [0, 0.05) is 24.1 Å². The fraction of sp³-hybridized carbons (Fsp3) is 0.368. The number of nitrogens with zero attached hydrogens (tertiary/aromatic N) is 1. The summed E-state index contributed by atoms with van der Waals surface area (Å²) in [5.41, 5.74) is 3.56. The Labute approximate surface area is 137 Å². The molecule has 1 fully saturated rings. The van der Waals surface area contributed by atoms with Gasteiger partial charge in [-0.1, -0.05) is 31.9 Å². The van der Waals surface area contributed by atoms with Crippen LogP contribution in [0.1, 0.15) is 48.5 Å². The van der Waals surface area contributed by atoms with Gasteiger partial charge < -0.3 is 10.6 Å². The molecule has 1 aliphatic rings. The molecule has 0 aliphatic heterocycles. The predicted molar refractivity (Wildman–Crippen MR) is 93.9 cm³/mol. The summed E-state index contributed by atoms with van der Waals surface area (Å²) in [7, 11) is 0. The van der Waals surface area contributed by atoms with Crippen molar-refractivity contribution in [3.05, 3.63) is 53.9 Å². The number of rotatable bonds is 5. The minimum Gasteiger partial charge on any atom is -0.381 e. The van der Waals surface area contributed by atoms with Gasteiger partial charge in [0.05, 0.1) is 11.3 Å². The van der Waals surface area contributed by atoms with Gasteiger partial charge in [0.2, 0.25) is 0 Å². The van der Waals surface area contributed by atoms with Crippen LogP contribution >= 0.6 is 0 Å². The zero-order chi connectivity index (χ0) is 16.1. The van der Waals surface area contributed by atoms with Gasteiger partial charge in [-0.15, -0.1) is 0 Å². The van der Waals surface area contributed by atoms with Crippen LogP contribution in [-0.2, 0) is 6.42 Å². The summed E-state index contributed by atoms with van der Waals surface area (Å²) in [4.78, 5) is 16.6. The summed E-state index contributed by atoms with van der Waals surface area (Å²) in [5.74, 6) is -0.128. The fourth-order valence-corrected chi connectivity index (χ4v) is 2.98. The molecule has 3 rings (SSSR count). The van der Waals surface area contributed by atoms with E-state index < -0.39 is 0 Å². The summed E-state index contributed by atoms with van der Waals surface area (Å²) in [6, 6.07) is 10.3. The van der Waals surface area contributed by atoms with E-state index in [-0.39, 0.29) is 5.91 Å². The van der Waals surface area contributed by atoms with Crippen molar-refractivity contribution >= 4 is 17.3 Å². The molecule has 2 aromatic rings. The normalized spacial score (nSPS) is 14.7. The second-order valence-corrected chi connectivity index (χ2v) is 6.09. The number of amides is 1. The van der Waals surface area contributed by atoms with E-state index in [0.717, 1.165) is 17.8 Å². The SMILES string of the molecule is CCc1ccc(NC(=O)c2cncc(NC3CCCC3)c2)cc1. The number of anilines is 2. The smallest absolute Gasteiger partial charge is 0.257 e. The number of hydrogen-bond acceptors (Lipinski definition) is 3. The monoisotopic (exact) mass is 309 g/mol. The van der Waals surface area contributed by atoms with Crippen LogP contribution in [0.4, 0.5) is 11.4 Å². The van der Waals surface area contributed by atoms with E-state index in [9.17, 15) is 4.79 Å². The zero-order valence-electron chi connectivity index (χ0n) is 13.5. The third-order valence-corrected chi connectivity index (χ3v) is 4.35. The first-order valence-electron chi connectivity index (χ1n) is 8.36. The van der Waals surface area contributed by atoms with Crippen LogP contribution in [-0.4, -0.2) is 16.9 Å². The van der Waals surface area contributed by atoms with Crippen LogP contribution in [0.3, 0.4) is 0 Å². The van der Waals surface area contributed by atoms with Crippen LogP contribution in [0.15, 0.2) is 42.7 Å². The van der Waals surface area contributed by atoms with Crippen molar-refractivity contribution < 1.29 is 4.79 Å². The quantitative estimate of drug-likeness (QED) is 0.868. The van der Waals surface area contributed by atoms with Gasteiger partial charge >= 0.3 is 0 Å². The molecule has 1 heterocycles. The lowest BCUT2D eigenvalue weighted by Crippen LogP contribution is -2.16. The third-order valence-electron chi connectivity index (χ3n) is 4.35. The molecule has 0 atom stereocenters. The highest BCUT2D eigenvalue weighted by Crippen LogP contribution is 2.22. The van der Waals surface area contributed by atoms with Gasteiger partial charge in [0.15, 0.2) is 0 Å². The number of benzene rings is 1. The summed E-state index contributed by atoms with van der Waals surface area (Å²) in [6.45, 7) is 2.11. The number of carbonyl (C=O) groups is 1. The average Bonchev–Trinajstić information content (AvgIpc) is 3.09. The zero-order valence-corrected chi connectivity index (χ0v) is 13.5. The van der Waals surface area contributed by atoms with Crippen LogP contribution in [0.5, 0.6) is 0 Å². The van der Waals surface area contributed by atoms with Crippen LogP contribution in [0.25, 0.3) is 0 Å². The van der Waals surface area contributed by atoms with Gasteiger partial charge in [-0.05, 0) is 43.0 Å². The maximum absolute atomic E-state index is 12.4. The second-order valence-electron chi connectivity index (χ2n) is 6.09. The van der Waals surface area contributed by atoms with E-state index in [1.54, 1.807) is 12.4 Å². The molecule has 4 nitrogen and oxygen atoms in total. The first-order chi connectivity index (χ1) is 11.2. The molecule has 0 spiro atoms. The molecular formula is C19H23N3O. The van der Waals surface area contributed by atoms with Gasteiger partial charge in [0.25, 0.3) is 5.91 Å². The van der Waals surface area contributed by atoms with Gasteiger partial charge in [-0.3, -0.25) is 9.78 Å². The third kappa shape index (κ3) is 4.09. The molecule has 1 aromatic carbocycles. The molecule has 120 valence electrons. The molecule has 0 unspecified atom stereocenters. The maximum atomic E-state index is 12.4. The molecule has 0 radical (unpaired) electrons. The highest BCUT2D eigenvalue weighted by Gasteiger charge is 2.15. The molecule has 1 aliphatic carbocycles. The molecular weight excluding hydrogens is 286 g/mol. The Morgan fingerprint density at radius 1 is 1.13 bits per heavy atom. The minimum atomic E-state index is -0.128. The Kier molecular flexibility index (Phi) is 4.91. The second kappa shape index (κ2) is 7.27. The molecule has 2 N–H and O–H groups in total. The standard InChI is InChI=1S/C19H23N3O/c1-2-14-7-9-17(10-8-14)22-19(23)15-11-18(13-20-12-15)21-16-5-3-4-6-16/h7-13,16,21H,2-6H2,1H3,(H,22,23). The Bertz CT molecular complexity index is 661. The van der Waals surface area contributed by atoms with E-state index in [1.807, 2.05) is 30.3 Å². The van der Waals surface area contributed by atoms with Gasteiger partial charge in [0.1, 0.15) is 0 Å². The number of aromatic nitrogens is 1. The summed E-state index contributed by atoms with van der Waals surface area (Å²) in [6.07, 6.45) is 9.33. The van der Waals surface area contributed by atoms with Crippen LogP contribution < -0.4 is 10.6 Å². The average molecular weight is 309 g/mol. The van der Waals surface area contributed by atoms with Crippen molar-refractivity contribution in [1.29, 1.82) is 0 Å². The Morgan fingerprint density at radius 2 is 1.87 bits per heavy atom. The molecule has 1 saturated carbocycles. The topological polar surface area (TPSA) is 54.0 Å². The Balaban J connectivity index is 1.66. The lowest BCUT2D eigenvalue weighted by atomic mass is 10.1. The molecule has 4 heteroatoms. The van der Waals surface area contributed by atoms with Crippen molar-refractivity contribution in [2.24, 2.45) is 0 Å². The fourth-order valence-electron chi connectivity index (χ4n) is 2.98. The van der Waals surface area contributed by atoms with E-state index >= 15 is 0 Å². The van der Waals surface area contributed by atoms with Crippen molar-refractivity contribution in [1.82, 2.24) is 4.98 Å². The van der Waals surface area contributed by atoms with E-state index in [4.69, 9.17) is 0 Å². The number of aryl methyl sites for hydroxylation is 1. The van der Waals surface area contributed by atoms with Gasteiger partial charge in [-0.2, -0.15) is 0 Å². The van der Waals surface area contributed by atoms with Crippen molar-refractivity contribution in [2.75, 3.05) is 10.6 Å². The number of nitrogens with one attached hydrogen (secondary N) is 2. The summed E-state index contributed by atoms with van der Waals surface area (Å²) >= 11 is 0. The van der Waals surface area contributed by atoms with Crippen molar-refractivity contribution in [2.45, 2.75) is 45.1 Å². The molecule has 0 saturated heterocycles. The summed E-state index contributed by atoms with van der Waals surface area (Å²) in [5, 5.41) is 6.40. The maximum Gasteiger partial charge on any atom is 0.257 e. The largest absolute Gasteiger partial charge is 0.381 e. The number of hydrogen-bond donors (Lipinski definition) is 2. The van der Waals surface area contributed by atoms with Gasteiger partial charge in [-0.25, -0.2) is 0 Å². The van der Waals surface area contributed by atoms with E-state index in [0.29, 0.717) is 11.6 Å². The van der Waals surface area contributed by atoms with Crippen molar-refractivity contribution in [3.8, 4) is 0 Å². The van der Waals surface area contributed by atoms with E-state index in [2.05, 4.69) is 22.5 Å². The lowest BCUT2D eigenvalue weighted by molar-refractivity contribution is 0.102. The van der Waals surface area contributed by atoms with Crippen molar-refractivity contribution in [3.63, 3.8) is 0 Å². The minimum absolute atomic E-state index is 0.128. The molecule has 1 aromatic heterocycles. The van der Waals surface area contributed by atoms with E-state index in [1.165, 1.54) is 31.2 Å². The molecule has 0 bridgehead atoms. The molecule has 1 amide bonds. The lowest BCUT2D eigenvalue weighted by Gasteiger charge is -2.14. The highest BCUT2D eigenvalue weighted by molar-refractivity contribution is 6.04.